The van der Waals surface area contributed by atoms with Crippen LogP contribution < -0.4 is 0 Å². The molecule has 1 aromatic heterocycles. The van der Waals surface area contributed by atoms with Crippen LogP contribution in [0.1, 0.15) is 51.4 Å². The topological polar surface area (TPSA) is 33.4 Å². The number of hydrogen-bond acceptors (Lipinski definition) is 2. The predicted molar refractivity (Wildman–Crippen MR) is 81.6 cm³/mol. The molecule has 0 radical (unpaired) electrons. The largest absolute Gasteiger partial charge is 0.458 e. The van der Waals surface area contributed by atoms with Crippen LogP contribution >= 0.6 is 0 Å². The highest BCUT2D eigenvalue weighted by molar-refractivity contribution is 5.81. The molecule has 1 aliphatic carbocycles. The van der Waals surface area contributed by atoms with Gasteiger partial charge in [-0.2, -0.15) is 0 Å². The summed E-state index contributed by atoms with van der Waals surface area (Å²) < 4.78 is 6.03. The zero-order valence-electron chi connectivity index (χ0n) is 12.9. The second-order valence-corrected chi connectivity index (χ2v) is 7.30. The molecule has 2 unspecified atom stereocenters. The molecule has 0 spiro atoms. The number of aryl methyl sites for hydroxylation is 1. The van der Waals surface area contributed by atoms with E-state index in [0.29, 0.717) is 5.41 Å². The lowest BCUT2D eigenvalue weighted by Crippen LogP contribution is -2.41. The fourth-order valence-electron chi connectivity index (χ4n) is 3.66. The van der Waals surface area contributed by atoms with Crippen molar-refractivity contribution in [3.8, 4) is 0 Å². The lowest BCUT2D eigenvalue weighted by molar-refractivity contribution is -0.0901. The first kappa shape index (κ1) is 13.7. The molecule has 1 aromatic carbocycles. The molecule has 0 bridgehead atoms. The first-order chi connectivity index (χ1) is 9.32. The molecular weight excluding hydrogens is 248 g/mol. The molecule has 0 saturated heterocycles. The summed E-state index contributed by atoms with van der Waals surface area (Å²) in [6.45, 7) is 8.76. The molecule has 1 aliphatic rings. The van der Waals surface area contributed by atoms with E-state index in [1.165, 1.54) is 0 Å². The molecule has 2 atom stereocenters. The Bertz CT molecular complexity index is 638. The molecule has 0 aliphatic heterocycles. The van der Waals surface area contributed by atoms with Gasteiger partial charge in [-0.25, -0.2) is 0 Å². The van der Waals surface area contributed by atoms with Crippen molar-refractivity contribution in [3.05, 3.63) is 35.6 Å². The monoisotopic (exact) mass is 272 g/mol. The van der Waals surface area contributed by atoms with Crippen molar-refractivity contribution in [1.82, 2.24) is 0 Å². The second kappa shape index (κ2) is 4.36. The Balaban J connectivity index is 2.04. The first-order valence-corrected chi connectivity index (χ1v) is 7.54. The van der Waals surface area contributed by atoms with Gasteiger partial charge in [0.05, 0.1) is 0 Å². The molecule has 2 heteroatoms. The lowest BCUT2D eigenvalue weighted by atomic mass is 9.65. The van der Waals surface area contributed by atoms with E-state index >= 15 is 0 Å². The van der Waals surface area contributed by atoms with Crippen molar-refractivity contribution in [2.24, 2.45) is 11.3 Å². The molecule has 1 N–H and O–H groups in total. The zero-order valence-corrected chi connectivity index (χ0v) is 12.9. The van der Waals surface area contributed by atoms with Gasteiger partial charge in [0.15, 0.2) is 0 Å². The molecule has 2 nitrogen and oxygen atoms in total. The Kier molecular flexibility index (Phi) is 2.98. The smallest absolute Gasteiger partial charge is 0.137 e. The van der Waals surface area contributed by atoms with E-state index < -0.39 is 5.60 Å². The van der Waals surface area contributed by atoms with E-state index in [1.807, 2.05) is 25.1 Å². The van der Waals surface area contributed by atoms with Gasteiger partial charge in [-0.05, 0) is 49.1 Å². The van der Waals surface area contributed by atoms with Crippen molar-refractivity contribution in [2.45, 2.75) is 52.6 Å². The van der Waals surface area contributed by atoms with Crippen LogP contribution in [0.25, 0.3) is 11.0 Å². The molecule has 0 amide bonds. The third-order valence-electron chi connectivity index (χ3n) is 5.02. The summed E-state index contributed by atoms with van der Waals surface area (Å²) in [4.78, 5) is 0. The van der Waals surface area contributed by atoms with Gasteiger partial charge >= 0.3 is 0 Å². The number of para-hydroxylation sites is 1. The van der Waals surface area contributed by atoms with E-state index in [0.717, 1.165) is 41.6 Å². The van der Waals surface area contributed by atoms with E-state index in [1.54, 1.807) is 0 Å². The highest BCUT2D eigenvalue weighted by Crippen LogP contribution is 2.49. The summed E-state index contributed by atoms with van der Waals surface area (Å²) in [7, 11) is 0. The van der Waals surface area contributed by atoms with Gasteiger partial charge in [0.1, 0.15) is 16.9 Å². The minimum Gasteiger partial charge on any atom is -0.458 e. The number of rotatable bonds is 1. The van der Waals surface area contributed by atoms with Crippen molar-refractivity contribution in [3.63, 3.8) is 0 Å². The quantitative estimate of drug-likeness (QED) is 0.810. The van der Waals surface area contributed by atoms with Gasteiger partial charge in [-0.3, -0.25) is 0 Å². The Morgan fingerprint density at radius 1 is 1.25 bits per heavy atom. The van der Waals surface area contributed by atoms with Crippen LogP contribution in [0.15, 0.2) is 28.7 Å². The number of hydrogen-bond donors (Lipinski definition) is 1. The first-order valence-electron chi connectivity index (χ1n) is 7.54. The van der Waals surface area contributed by atoms with Crippen molar-refractivity contribution < 1.29 is 9.52 Å². The second-order valence-electron chi connectivity index (χ2n) is 7.30. The fraction of sp³-hybridized carbons (Fsp3) is 0.556. The Morgan fingerprint density at radius 2 is 2.00 bits per heavy atom. The predicted octanol–water partition coefficient (Wildman–Crippen LogP) is 4.78. The number of aliphatic hydroxyl groups is 1. The van der Waals surface area contributed by atoms with Crippen LogP contribution in [-0.4, -0.2) is 5.11 Å². The van der Waals surface area contributed by atoms with Crippen molar-refractivity contribution in [2.75, 3.05) is 0 Å². The van der Waals surface area contributed by atoms with Crippen LogP contribution in [0.3, 0.4) is 0 Å². The van der Waals surface area contributed by atoms with Gasteiger partial charge in [0, 0.05) is 5.39 Å². The summed E-state index contributed by atoms with van der Waals surface area (Å²) in [5.74, 6) is 0.955. The molecular formula is C18H24O2. The van der Waals surface area contributed by atoms with E-state index in [-0.39, 0.29) is 5.92 Å². The van der Waals surface area contributed by atoms with Crippen molar-refractivity contribution in [1.29, 1.82) is 0 Å². The Labute approximate surface area is 120 Å². The Morgan fingerprint density at radius 3 is 2.65 bits per heavy atom. The highest BCUT2D eigenvalue weighted by Gasteiger charge is 2.45. The summed E-state index contributed by atoms with van der Waals surface area (Å²) in [6, 6.07) is 8.16. The van der Waals surface area contributed by atoms with Crippen LogP contribution in [0.4, 0.5) is 0 Å². The number of benzene rings is 1. The average molecular weight is 272 g/mol. The third kappa shape index (κ3) is 2.07. The van der Waals surface area contributed by atoms with E-state index in [2.05, 4.69) is 26.8 Å². The lowest BCUT2D eigenvalue weighted by Gasteiger charge is -2.44. The molecule has 1 heterocycles. The van der Waals surface area contributed by atoms with Gasteiger partial charge < -0.3 is 9.52 Å². The van der Waals surface area contributed by atoms with Gasteiger partial charge in [-0.1, -0.05) is 39.0 Å². The van der Waals surface area contributed by atoms with Crippen LogP contribution in [0.2, 0.25) is 0 Å². The van der Waals surface area contributed by atoms with E-state index in [9.17, 15) is 5.11 Å². The molecule has 3 rings (SSSR count). The van der Waals surface area contributed by atoms with Gasteiger partial charge in [0.2, 0.25) is 0 Å². The molecule has 20 heavy (non-hydrogen) atoms. The number of fused-ring (bicyclic) bond motifs is 1. The molecule has 1 fully saturated rings. The third-order valence-corrected chi connectivity index (χ3v) is 5.02. The maximum atomic E-state index is 11.1. The molecule has 1 saturated carbocycles. The summed E-state index contributed by atoms with van der Waals surface area (Å²) in [5.41, 5.74) is 1.53. The van der Waals surface area contributed by atoms with Crippen LogP contribution in [0.5, 0.6) is 0 Å². The number of furan rings is 1. The van der Waals surface area contributed by atoms with Crippen LogP contribution in [0, 0.1) is 18.3 Å². The average Bonchev–Trinajstić information content (AvgIpc) is 2.80. The molecule has 2 aromatic rings. The summed E-state index contributed by atoms with van der Waals surface area (Å²) in [6.07, 6.45) is 2.84. The minimum atomic E-state index is -0.818. The fourth-order valence-corrected chi connectivity index (χ4v) is 3.66. The summed E-state index contributed by atoms with van der Waals surface area (Å²) in [5, 5.41) is 12.2. The van der Waals surface area contributed by atoms with E-state index in [4.69, 9.17) is 4.42 Å². The maximum Gasteiger partial charge on any atom is 0.137 e. The van der Waals surface area contributed by atoms with Crippen molar-refractivity contribution >= 4 is 11.0 Å². The zero-order chi connectivity index (χ0) is 14.5. The van der Waals surface area contributed by atoms with Gasteiger partial charge in [0.25, 0.3) is 0 Å². The SMILES string of the molecule is Cc1cccc2cc(C3(O)CCC(C)(C)CC3C)oc12. The summed E-state index contributed by atoms with van der Waals surface area (Å²) >= 11 is 0. The van der Waals surface area contributed by atoms with Gasteiger partial charge in [-0.15, -0.1) is 0 Å². The standard InChI is InChI=1S/C18H24O2/c1-12-6-5-7-14-10-15(20-16(12)14)18(19)9-8-17(3,4)11-13(18)2/h5-7,10,13,19H,8-9,11H2,1-4H3. The van der Waals surface area contributed by atoms with Crippen LogP contribution in [-0.2, 0) is 5.60 Å². The Hall–Kier alpha value is -1.28. The minimum absolute atomic E-state index is 0.215. The normalized spacial score (nSPS) is 29.8. The maximum absolute atomic E-state index is 11.1. The highest BCUT2D eigenvalue weighted by atomic mass is 16.4. The molecule has 108 valence electrons.